The molecule has 0 saturated carbocycles. The fraction of sp³-hybridized carbons (Fsp3) is 0.727. The molecular weight excluding hydrogens is 148 g/mol. The fourth-order valence-electron chi connectivity index (χ4n) is 1.31. The molecular formula is C11H18O. The van der Waals surface area contributed by atoms with Crippen molar-refractivity contribution in [3.05, 3.63) is 0 Å². The summed E-state index contributed by atoms with van der Waals surface area (Å²) >= 11 is 0. The first-order chi connectivity index (χ1) is 5.76. The van der Waals surface area contributed by atoms with Crippen LogP contribution in [0.1, 0.15) is 46.0 Å². The zero-order chi connectivity index (χ0) is 9.40. The van der Waals surface area contributed by atoms with Gasteiger partial charge in [0.25, 0.3) is 0 Å². The molecule has 0 rings (SSSR count). The molecule has 0 saturated heterocycles. The van der Waals surface area contributed by atoms with Gasteiger partial charge in [0.15, 0.2) is 0 Å². The molecule has 68 valence electrons. The molecule has 0 spiro atoms. The number of hydrogen-bond acceptors (Lipinski definition) is 1. The molecule has 0 fully saturated rings. The van der Waals surface area contributed by atoms with Gasteiger partial charge in [0.05, 0.1) is 0 Å². The lowest BCUT2D eigenvalue weighted by Gasteiger charge is -2.09. The van der Waals surface area contributed by atoms with Gasteiger partial charge < -0.3 is 0 Å². The normalized spacial score (nSPS) is 9.83. The molecule has 0 radical (unpaired) electrons. The van der Waals surface area contributed by atoms with Crippen molar-refractivity contribution in [1.82, 2.24) is 0 Å². The topological polar surface area (TPSA) is 17.1 Å². The summed E-state index contributed by atoms with van der Waals surface area (Å²) in [5.41, 5.74) is 0. The third kappa shape index (κ3) is 4.18. The number of Topliss-reactive ketones (excluding diaryl/α,β-unsaturated/α-hetero) is 1. The highest BCUT2D eigenvalue weighted by Gasteiger charge is 2.12. The van der Waals surface area contributed by atoms with Crippen LogP contribution in [0, 0.1) is 18.3 Å². The summed E-state index contributed by atoms with van der Waals surface area (Å²) in [6.07, 6.45) is 9.27. The number of carbonyl (C=O) groups excluding carboxylic acids is 1. The van der Waals surface area contributed by atoms with Gasteiger partial charge in [-0.05, 0) is 19.3 Å². The maximum Gasteiger partial charge on any atom is 0.135 e. The molecule has 0 unspecified atom stereocenters. The first-order valence-corrected chi connectivity index (χ1v) is 4.72. The highest BCUT2D eigenvalue weighted by molar-refractivity contribution is 5.80. The Hall–Kier alpha value is -0.770. The van der Waals surface area contributed by atoms with Gasteiger partial charge in [-0.3, -0.25) is 4.79 Å². The second kappa shape index (κ2) is 6.91. The predicted molar refractivity (Wildman–Crippen MR) is 51.8 cm³/mol. The van der Waals surface area contributed by atoms with Crippen molar-refractivity contribution < 1.29 is 4.79 Å². The second-order valence-electron chi connectivity index (χ2n) is 3.04. The molecule has 1 nitrogen and oxygen atoms in total. The molecule has 0 aromatic heterocycles. The van der Waals surface area contributed by atoms with E-state index in [1.54, 1.807) is 0 Å². The number of hydrogen-bond donors (Lipinski definition) is 0. The summed E-state index contributed by atoms with van der Waals surface area (Å²) in [5, 5.41) is 0. The van der Waals surface area contributed by atoms with Gasteiger partial charge in [-0.15, -0.1) is 12.3 Å². The zero-order valence-corrected chi connectivity index (χ0v) is 8.10. The Balaban J connectivity index is 3.63. The van der Waals surface area contributed by atoms with Crippen molar-refractivity contribution in [2.75, 3.05) is 0 Å². The molecule has 0 aromatic carbocycles. The van der Waals surface area contributed by atoms with E-state index in [-0.39, 0.29) is 5.92 Å². The summed E-state index contributed by atoms with van der Waals surface area (Å²) in [7, 11) is 0. The van der Waals surface area contributed by atoms with Gasteiger partial charge in [0.1, 0.15) is 5.78 Å². The van der Waals surface area contributed by atoms with E-state index < -0.39 is 0 Å². The fourth-order valence-corrected chi connectivity index (χ4v) is 1.31. The van der Waals surface area contributed by atoms with Crippen molar-refractivity contribution in [1.29, 1.82) is 0 Å². The monoisotopic (exact) mass is 166 g/mol. The Labute approximate surface area is 75.5 Å². The number of ketones is 1. The number of rotatable bonds is 6. The van der Waals surface area contributed by atoms with Crippen LogP contribution >= 0.6 is 0 Å². The molecule has 0 aromatic rings. The molecule has 0 bridgehead atoms. The standard InChI is InChI=1S/C11H18O/c1-4-7-8-9-11(12)10(5-2)6-3/h1,10H,5-9H2,2-3H3. The quantitative estimate of drug-likeness (QED) is 0.438. The minimum absolute atomic E-state index is 0.266. The van der Waals surface area contributed by atoms with Crippen LogP contribution in [0.4, 0.5) is 0 Å². The molecule has 1 heteroatoms. The van der Waals surface area contributed by atoms with Gasteiger partial charge in [-0.25, -0.2) is 0 Å². The average molecular weight is 166 g/mol. The van der Waals surface area contributed by atoms with Crippen molar-refractivity contribution >= 4 is 5.78 Å². The molecule has 0 atom stereocenters. The lowest BCUT2D eigenvalue weighted by molar-refractivity contribution is -0.123. The third-order valence-electron chi connectivity index (χ3n) is 2.19. The van der Waals surface area contributed by atoms with E-state index in [9.17, 15) is 4.79 Å². The van der Waals surface area contributed by atoms with Crippen molar-refractivity contribution in [2.45, 2.75) is 46.0 Å². The lowest BCUT2D eigenvalue weighted by atomic mass is 9.95. The molecule has 0 amide bonds. The van der Waals surface area contributed by atoms with Gasteiger partial charge in [-0.2, -0.15) is 0 Å². The van der Waals surface area contributed by atoms with E-state index in [1.165, 1.54) is 0 Å². The Morgan fingerprint density at radius 1 is 1.42 bits per heavy atom. The van der Waals surface area contributed by atoms with Crippen LogP contribution in [0.15, 0.2) is 0 Å². The van der Waals surface area contributed by atoms with Crippen molar-refractivity contribution in [3.8, 4) is 12.3 Å². The Morgan fingerprint density at radius 2 is 2.00 bits per heavy atom. The number of terminal acetylenes is 1. The predicted octanol–water partition coefficient (Wildman–Crippen LogP) is 2.80. The van der Waals surface area contributed by atoms with E-state index in [4.69, 9.17) is 6.42 Å². The van der Waals surface area contributed by atoms with E-state index in [0.29, 0.717) is 12.2 Å². The number of unbranched alkanes of at least 4 members (excludes halogenated alkanes) is 1. The zero-order valence-electron chi connectivity index (χ0n) is 8.10. The van der Waals surface area contributed by atoms with Crippen LogP contribution in [0.3, 0.4) is 0 Å². The summed E-state index contributed by atoms with van der Waals surface area (Å²) < 4.78 is 0. The Kier molecular flexibility index (Phi) is 6.47. The average Bonchev–Trinajstić information content (AvgIpc) is 2.07. The van der Waals surface area contributed by atoms with Crippen LogP contribution in [0.5, 0.6) is 0 Å². The second-order valence-corrected chi connectivity index (χ2v) is 3.04. The van der Waals surface area contributed by atoms with E-state index in [2.05, 4.69) is 19.8 Å². The first-order valence-electron chi connectivity index (χ1n) is 4.72. The number of carbonyl (C=O) groups is 1. The summed E-state index contributed by atoms with van der Waals surface area (Å²) in [5.74, 6) is 3.20. The summed E-state index contributed by atoms with van der Waals surface area (Å²) in [6.45, 7) is 4.13. The molecule has 0 N–H and O–H groups in total. The first kappa shape index (κ1) is 11.2. The van der Waals surface area contributed by atoms with E-state index >= 15 is 0 Å². The smallest absolute Gasteiger partial charge is 0.135 e. The highest BCUT2D eigenvalue weighted by atomic mass is 16.1. The van der Waals surface area contributed by atoms with Gasteiger partial charge >= 0.3 is 0 Å². The van der Waals surface area contributed by atoms with E-state index in [1.807, 2.05) is 0 Å². The van der Waals surface area contributed by atoms with Crippen LogP contribution in [-0.2, 0) is 4.79 Å². The van der Waals surface area contributed by atoms with Gasteiger partial charge in [-0.1, -0.05) is 13.8 Å². The molecule has 0 aliphatic carbocycles. The van der Waals surface area contributed by atoms with Gasteiger partial charge in [0, 0.05) is 18.8 Å². The Morgan fingerprint density at radius 3 is 2.42 bits per heavy atom. The van der Waals surface area contributed by atoms with Crippen LogP contribution < -0.4 is 0 Å². The summed E-state index contributed by atoms with van der Waals surface area (Å²) in [4.78, 5) is 11.4. The van der Waals surface area contributed by atoms with Crippen molar-refractivity contribution in [2.24, 2.45) is 5.92 Å². The van der Waals surface area contributed by atoms with Crippen LogP contribution in [-0.4, -0.2) is 5.78 Å². The van der Waals surface area contributed by atoms with Crippen LogP contribution in [0.2, 0.25) is 0 Å². The molecule has 0 aliphatic heterocycles. The highest BCUT2D eigenvalue weighted by Crippen LogP contribution is 2.12. The third-order valence-corrected chi connectivity index (χ3v) is 2.19. The largest absolute Gasteiger partial charge is 0.299 e. The molecule has 12 heavy (non-hydrogen) atoms. The van der Waals surface area contributed by atoms with Crippen LogP contribution in [0.25, 0.3) is 0 Å². The minimum Gasteiger partial charge on any atom is -0.299 e. The molecule has 0 heterocycles. The maximum atomic E-state index is 11.4. The molecule has 0 aliphatic rings. The Bertz CT molecular complexity index is 160. The maximum absolute atomic E-state index is 11.4. The summed E-state index contributed by atoms with van der Waals surface area (Å²) in [6, 6.07) is 0. The lowest BCUT2D eigenvalue weighted by Crippen LogP contribution is -2.12. The van der Waals surface area contributed by atoms with Crippen molar-refractivity contribution in [3.63, 3.8) is 0 Å². The SMILES string of the molecule is C#CCCCC(=O)C(CC)CC. The van der Waals surface area contributed by atoms with E-state index in [0.717, 1.165) is 25.7 Å². The van der Waals surface area contributed by atoms with Gasteiger partial charge in [0.2, 0.25) is 0 Å². The minimum atomic E-state index is 0.266.